The lowest BCUT2D eigenvalue weighted by Crippen LogP contribution is -2.53. The summed E-state index contributed by atoms with van der Waals surface area (Å²) in [5.41, 5.74) is 11.7. The van der Waals surface area contributed by atoms with Crippen LogP contribution < -0.4 is 21.7 Å². The van der Waals surface area contributed by atoms with Gasteiger partial charge in [-0.05, 0) is 37.8 Å². The highest BCUT2D eigenvalue weighted by atomic mass is 16.2. The number of likely N-dealkylation sites (tertiary alicyclic amines) is 2. The third-order valence-corrected chi connectivity index (χ3v) is 7.83. The van der Waals surface area contributed by atoms with E-state index in [-0.39, 0.29) is 17.9 Å². The van der Waals surface area contributed by atoms with Crippen LogP contribution in [0.2, 0.25) is 0 Å². The Kier molecular flexibility index (Phi) is 10.7. The molecule has 37 heavy (non-hydrogen) atoms. The molecule has 6 N–H and O–H groups in total. The fourth-order valence-corrected chi connectivity index (χ4v) is 5.31. The van der Waals surface area contributed by atoms with Crippen LogP contribution in [0.5, 0.6) is 0 Å². The Balaban J connectivity index is 0.000000233. The van der Waals surface area contributed by atoms with E-state index in [4.69, 9.17) is 11.5 Å². The minimum absolute atomic E-state index is 0.146. The number of nitrogens with zero attached hydrogens (tertiary/aromatic N) is 5. The maximum atomic E-state index is 12.2. The van der Waals surface area contributed by atoms with E-state index in [0.29, 0.717) is 50.4 Å². The maximum absolute atomic E-state index is 12.2. The Morgan fingerprint density at radius 2 is 1.68 bits per heavy atom. The number of nitrogens with one attached hydrogen (secondary N) is 2. The lowest BCUT2D eigenvalue weighted by Gasteiger charge is -2.42. The first-order chi connectivity index (χ1) is 17.8. The maximum Gasteiger partial charge on any atom is 0.223 e. The van der Waals surface area contributed by atoms with Crippen molar-refractivity contribution in [3.63, 3.8) is 0 Å². The predicted molar refractivity (Wildman–Crippen MR) is 147 cm³/mol. The molecular weight excluding hydrogens is 470 g/mol. The highest BCUT2D eigenvalue weighted by Gasteiger charge is 2.32. The van der Waals surface area contributed by atoms with Crippen molar-refractivity contribution < 1.29 is 9.59 Å². The Bertz CT molecular complexity index is 1010. The van der Waals surface area contributed by atoms with Crippen LogP contribution in [-0.4, -0.2) is 102 Å². The number of carbonyl (C=O) groups is 2. The molecule has 0 aliphatic carbocycles. The molecule has 2 aromatic rings. The van der Waals surface area contributed by atoms with Gasteiger partial charge in [-0.25, -0.2) is 9.97 Å². The van der Waals surface area contributed by atoms with Gasteiger partial charge in [-0.3, -0.25) is 9.59 Å². The van der Waals surface area contributed by atoms with Gasteiger partial charge in [0.05, 0.1) is 11.4 Å². The number of carbonyl (C=O) groups excluding carboxylic acids is 2. The van der Waals surface area contributed by atoms with Crippen molar-refractivity contribution in [2.24, 2.45) is 23.3 Å². The molecule has 0 spiro atoms. The zero-order valence-electron chi connectivity index (χ0n) is 22.8. The quantitative estimate of drug-likeness (QED) is 0.422. The zero-order valence-corrected chi connectivity index (χ0v) is 22.8. The van der Waals surface area contributed by atoms with Crippen LogP contribution in [0.15, 0.2) is 18.6 Å². The van der Waals surface area contributed by atoms with Gasteiger partial charge in [0.2, 0.25) is 11.8 Å². The topological polar surface area (TPSA) is 150 Å². The highest BCUT2D eigenvalue weighted by molar-refractivity contribution is 5.87. The molecule has 206 valence electrons. The highest BCUT2D eigenvalue weighted by Crippen LogP contribution is 2.28. The van der Waals surface area contributed by atoms with Crippen molar-refractivity contribution in [1.29, 1.82) is 0 Å². The SMILES string of the molecule is CC1CCN(C(=O)CCN)CC1N(C)c1ncnc2[nH]ccc12.CNC1CN(C(=O)CCN)CCC1C. The molecule has 4 heterocycles. The van der Waals surface area contributed by atoms with Gasteiger partial charge >= 0.3 is 0 Å². The zero-order chi connectivity index (χ0) is 26.9. The second-order valence-corrected chi connectivity index (χ2v) is 10.3. The third kappa shape index (κ3) is 7.18. The molecule has 11 nitrogen and oxygen atoms in total. The summed E-state index contributed by atoms with van der Waals surface area (Å²) in [6, 6.07) is 2.66. The molecule has 11 heteroatoms. The fraction of sp³-hybridized carbons (Fsp3) is 0.692. The lowest BCUT2D eigenvalue weighted by molar-refractivity contribution is -0.133. The van der Waals surface area contributed by atoms with Gasteiger partial charge in [0.1, 0.15) is 17.8 Å². The van der Waals surface area contributed by atoms with E-state index >= 15 is 0 Å². The fourth-order valence-electron chi connectivity index (χ4n) is 5.31. The summed E-state index contributed by atoms with van der Waals surface area (Å²) >= 11 is 0. The Morgan fingerprint density at radius 3 is 2.30 bits per heavy atom. The number of amides is 2. The normalized spacial score (nSPS) is 23.9. The lowest BCUT2D eigenvalue weighted by atomic mass is 9.92. The number of H-pyrrole nitrogens is 1. The smallest absolute Gasteiger partial charge is 0.223 e. The summed E-state index contributed by atoms with van der Waals surface area (Å²) in [5, 5.41) is 4.26. The van der Waals surface area contributed by atoms with Gasteiger partial charge in [-0.2, -0.15) is 0 Å². The van der Waals surface area contributed by atoms with E-state index in [0.717, 1.165) is 49.3 Å². The monoisotopic (exact) mass is 515 g/mol. The summed E-state index contributed by atoms with van der Waals surface area (Å²) in [6.07, 6.45) is 6.42. The number of anilines is 1. The molecule has 4 unspecified atom stereocenters. The molecule has 4 atom stereocenters. The van der Waals surface area contributed by atoms with Gasteiger partial charge in [-0.15, -0.1) is 0 Å². The van der Waals surface area contributed by atoms with Gasteiger partial charge < -0.3 is 36.5 Å². The van der Waals surface area contributed by atoms with Crippen LogP contribution in [0.3, 0.4) is 0 Å². The van der Waals surface area contributed by atoms with Crippen molar-refractivity contribution in [3.05, 3.63) is 18.6 Å². The first kappa shape index (κ1) is 28.8. The van der Waals surface area contributed by atoms with Crippen LogP contribution in [0.25, 0.3) is 11.0 Å². The predicted octanol–water partition coefficient (Wildman–Crippen LogP) is 0.772. The average molecular weight is 516 g/mol. The van der Waals surface area contributed by atoms with Gasteiger partial charge in [0.25, 0.3) is 0 Å². The number of aromatic nitrogens is 3. The number of fused-ring (bicyclic) bond motifs is 1. The molecule has 0 saturated carbocycles. The van der Waals surface area contributed by atoms with E-state index in [2.05, 4.69) is 39.0 Å². The minimum Gasteiger partial charge on any atom is -0.354 e. The van der Waals surface area contributed by atoms with Crippen LogP contribution >= 0.6 is 0 Å². The van der Waals surface area contributed by atoms with Crippen molar-refractivity contribution in [1.82, 2.24) is 30.1 Å². The molecule has 2 aliphatic rings. The summed E-state index contributed by atoms with van der Waals surface area (Å²) in [4.78, 5) is 41.6. The average Bonchev–Trinajstić information content (AvgIpc) is 3.39. The number of hydrogen-bond acceptors (Lipinski definition) is 8. The van der Waals surface area contributed by atoms with E-state index in [1.165, 1.54) is 0 Å². The molecule has 2 saturated heterocycles. The third-order valence-electron chi connectivity index (χ3n) is 7.83. The number of aromatic amines is 1. The first-order valence-corrected chi connectivity index (χ1v) is 13.4. The number of likely N-dealkylation sites (N-methyl/N-ethyl adjacent to an activating group) is 2. The van der Waals surface area contributed by atoms with Crippen LogP contribution in [0.4, 0.5) is 5.82 Å². The Hall–Kier alpha value is -2.76. The summed E-state index contributed by atoms with van der Waals surface area (Å²) in [6.45, 7) is 8.57. The van der Waals surface area contributed by atoms with Crippen molar-refractivity contribution >= 4 is 28.7 Å². The van der Waals surface area contributed by atoms with Crippen LogP contribution in [-0.2, 0) is 9.59 Å². The van der Waals surface area contributed by atoms with Gasteiger partial charge in [0, 0.05) is 71.4 Å². The van der Waals surface area contributed by atoms with E-state index in [1.807, 2.05) is 36.2 Å². The number of nitrogens with two attached hydrogens (primary N) is 2. The van der Waals surface area contributed by atoms with E-state index in [9.17, 15) is 9.59 Å². The molecule has 2 aliphatic heterocycles. The number of piperidine rings is 2. The molecule has 0 aromatic carbocycles. The van der Waals surface area contributed by atoms with Crippen molar-refractivity contribution in [3.8, 4) is 0 Å². The Labute approximate surface area is 220 Å². The Morgan fingerprint density at radius 1 is 1.05 bits per heavy atom. The first-order valence-electron chi connectivity index (χ1n) is 13.4. The van der Waals surface area contributed by atoms with Gasteiger partial charge in [0.15, 0.2) is 0 Å². The largest absolute Gasteiger partial charge is 0.354 e. The molecule has 4 rings (SSSR count). The molecular formula is C26H45N9O2. The van der Waals surface area contributed by atoms with Crippen LogP contribution in [0, 0.1) is 11.8 Å². The van der Waals surface area contributed by atoms with Gasteiger partial charge in [-0.1, -0.05) is 13.8 Å². The van der Waals surface area contributed by atoms with Crippen LogP contribution in [0.1, 0.15) is 39.5 Å². The molecule has 0 radical (unpaired) electrons. The molecule has 2 aromatic heterocycles. The van der Waals surface area contributed by atoms with E-state index < -0.39 is 0 Å². The van der Waals surface area contributed by atoms with Crippen molar-refractivity contribution in [2.45, 2.75) is 51.6 Å². The standard InChI is InChI=1S/C16H24N6O.C10H21N3O/c1-11-5-8-22(14(23)3-6-17)9-13(11)21(2)16-12-4-7-18-15(12)19-10-20-16;1-8-4-6-13(7-9(8)12-2)10(14)3-5-11/h4,7,10-11,13H,3,5-6,8-9,17H2,1-2H3,(H,18,19,20);8-9,12H,3-7,11H2,1-2H3. The summed E-state index contributed by atoms with van der Waals surface area (Å²) < 4.78 is 0. The second-order valence-electron chi connectivity index (χ2n) is 10.3. The summed E-state index contributed by atoms with van der Waals surface area (Å²) in [5.74, 6) is 2.39. The summed E-state index contributed by atoms with van der Waals surface area (Å²) in [7, 11) is 4.00. The molecule has 2 amide bonds. The second kappa shape index (κ2) is 13.7. The minimum atomic E-state index is 0.146. The number of rotatable bonds is 7. The van der Waals surface area contributed by atoms with Crippen molar-refractivity contribution in [2.75, 3.05) is 58.3 Å². The molecule has 2 fully saturated rings. The number of hydrogen-bond donors (Lipinski definition) is 4. The van der Waals surface area contributed by atoms with E-state index in [1.54, 1.807) is 6.33 Å². The molecule has 0 bridgehead atoms.